The summed E-state index contributed by atoms with van der Waals surface area (Å²) in [4.78, 5) is 28.1. The van der Waals surface area contributed by atoms with E-state index in [4.69, 9.17) is 4.74 Å². The van der Waals surface area contributed by atoms with Crippen LogP contribution >= 0.6 is 0 Å². The van der Waals surface area contributed by atoms with Crippen LogP contribution in [0.5, 0.6) is 0 Å². The number of tetrazole rings is 1. The van der Waals surface area contributed by atoms with E-state index >= 15 is 0 Å². The number of carbonyl (C=O) groups is 2. The fourth-order valence-corrected chi connectivity index (χ4v) is 3.14. The quantitative estimate of drug-likeness (QED) is 0.484. The highest BCUT2D eigenvalue weighted by Gasteiger charge is 2.24. The average Bonchev–Trinajstić information content (AvgIpc) is 3.43. The third-order valence-corrected chi connectivity index (χ3v) is 4.63. The lowest BCUT2D eigenvalue weighted by Gasteiger charge is -2.16. The minimum Gasteiger partial charge on any atom is -0.467 e. The predicted octanol–water partition coefficient (Wildman–Crippen LogP) is 1.66. The van der Waals surface area contributed by atoms with Crippen molar-refractivity contribution in [2.45, 2.75) is 12.5 Å². The van der Waals surface area contributed by atoms with Crippen LogP contribution in [0, 0.1) is 0 Å². The van der Waals surface area contributed by atoms with E-state index in [9.17, 15) is 9.59 Å². The van der Waals surface area contributed by atoms with Crippen molar-refractivity contribution < 1.29 is 14.3 Å². The lowest BCUT2D eigenvalue weighted by molar-refractivity contribution is -0.142. The first-order valence-electron chi connectivity index (χ1n) is 8.93. The van der Waals surface area contributed by atoms with Crippen molar-refractivity contribution in [1.82, 2.24) is 30.5 Å². The normalized spacial score (nSPS) is 11.9. The second-order valence-electron chi connectivity index (χ2n) is 6.41. The number of H-pyrrole nitrogens is 1. The number of aromatic nitrogens is 5. The molecule has 2 heterocycles. The number of nitrogens with one attached hydrogen (secondary N) is 2. The van der Waals surface area contributed by atoms with Crippen molar-refractivity contribution >= 4 is 22.8 Å². The molecule has 146 valence electrons. The molecule has 0 saturated carbocycles. The van der Waals surface area contributed by atoms with Gasteiger partial charge in [0.2, 0.25) is 0 Å². The summed E-state index contributed by atoms with van der Waals surface area (Å²) in [6.45, 7) is 0. The van der Waals surface area contributed by atoms with Gasteiger partial charge in [0.1, 0.15) is 12.4 Å². The molecule has 0 aliphatic heterocycles. The van der Waals surface area contributed by atoms with Crippen LogP contribution in [-0.4, -0.2) is 50.2 Å². The smallest absolute Gasteiger partial charge is 0.328 e. The lowest BCUT2D eigenvalue weighted by Crippen LogP contribution is -2.43. The fraction of sp³-hybridized carbons (Fsp3) is 0.150. The molecule has 0 saturated heterocycles. The molecule has 0 unspecified atom stereocenters. The van der Waals surface area contributed by atoms with E-state index in [1.54, 1.807) is 24.3 Å². The Balaban J connectivity index is 1.52. The maximum Gasteiger partial charge on any atom is 0.328 e. The highest BCUT2D eigenvalue weighted by atomic mass is 16.5. The first-order chi connectivity index (χ1) is 14.2. The summed E-state index contributed by atoms with van der Waals surface area (Å²) < 4.78 is 6.37. The molecule has 0 bridgehead atoms. The highest BCUT2D eigenvalue weighted by molar-refractivity contribution is 5.97. The molecule has 29 heavy (non-hydrogen) atoms. The summed E-state index contributed by atoms with van der Waals surface area (Å²) in [5.41, 5.74) is 3.02. The zero-order chi connectivity index (χ0) is 20.2. The first-order valence-corrected chi connectivity index (χ1v) is 8.93. The second kappa shape index (κ2) is 7.93. The molecule has 2 aromatic heterocycles. The Labute approximate surface area is 165 Å². The summed E-state index contributed by atoms with van der Waals surface area (Å²) in [6.07, 6.45) is 3.61. The standard InChI is InChI=1S/C20H18N6O3/c1-29-20(28)18(10-14-11-21-17-5-3-2-4-16(14)17)23-19(27)13-6-8-15(9-7-13)26-12-22-24-25-26/h2-9,11-12,18,21H,10H2,1H3,(H,23,27)/t18-/m1/s1. The minimum absolute atomic E-state index is 0.311. The van der Waals surface area contributed by atoms with Crippen molar-refractivity contribution in [3.8, 4) is 5.69 Å². The Morgan fingerprint density at radius 1 is 1.17 bits per heavy atom. The molecule has 4 aromatic rings. The number of hydrogen-bond acceptors (Lipinski definition) is 6. The Kier molecular flexibility index (Phi) is 5.02. The second-order valence-corrected chi connectivity index (χ2v) is 6.41. The van der Waals surface area contributed by atoms with E-state index in [1.807, 2.05) is 30.5 Å². The Morgan fingerprint density at radius 2 is 1.97 bits per heavy atom. The van der Waals surface area contributed by atoms with Crippen LogP contribution in [0.3, 0.4) is 0 Å². The zero-order valence-corrected chi connectivity index (χ0v) is 15.6. The number of benzene rings is 2. The van der Waals surface area contributed by atoms with Crippen molar-refractivity contribution in [3.05, 3.63) is 72.2 Å². The number of para-hydroxylation sites is 1. The molecule has 0 spiro atoms. The molecule has 0 radical (unpaired) electrons. The van der Waals surface area contributed by atoms with Gasteiger partial charge < -0.3 is 15.0 Å². The van der Waals surface area contributed by atoms with Crippen molar-refractivity contribution in [1.29, 1.82) is 0 Å². The minimum atomic E-state index is -0.814. The molecule has 0 fully saturated rings. The van der Waals surface area contributed by atoms with E-state index in [-0.39, 0.29) is 5.91 Å². The van der Waals surface area contributed by atoms with Crippen LogP contribution in [0.15, 0.2) is 61.1 Å². The van der Waals surface area contributed by atoms with Crippen molar-refractivity contribution in [2.75, 3.05) is 7.11 Å². The van der Waals surface area contributed by atoms with Gasteiger partial charge in [0.25, 0.3) is 5.91 Å². The van der Waals surface area contributed by atoms with Crippen LogP contribution in [0.4, 0.5) is 0 Å². The van der Waals surface area contributed by atoms with Gasteiger partial charge in [0, 0.05) is 29.1 Å². The molecular weight excluding hydrogens is 372 g/mol. The lowest BCUT2D eigenvalue weighted by atomic mass is 10.0. The Bertz CT molecular complexity index is 1130. The van der Waals surface area contributed by atoms with E-state index in [2.05, 4.69) is 25.8 Å². The van der Waals surface area contributed by atoms with E-state index in [1.165, 1.54) is 18.1 Å². The van der Waals surface area contributed by atoms with Gasteiger partial charge in [-0.05, 0) is 46.3 Å². The Hall–Kier alpha value is -4.01. The number of nitrogens with zero attached hydrogens (tertiary/aromatic N) is 4. The number of aromatic amines is 1. The molecule has 2 N–H and O–H groups in total. The van der Waals surface area contributed by atoms with Gasteiger partial charge >= 0.3 is 5.97 Å². The topological polar surface area (TPSA) is 115 Å². The maximum atomic E-state index is 12.7. The number of amides is 1. The average molecular weight is 390 g/mol. The summed E-state index contributed by atoms with van der Waals surface area (Å²) in [6, 6.07) is 13.7. The van der Waals surface area contributed by atoms with Gasteiger partial charge in [-0.15, -0.1) is 5.10 Å². The molecule has 0 aliphatic rings. The molecule has 9 heteroatoms. The summed E-state index contributed by atoms with van der Waals surface area (Å²) >= 11 is 0. The number of rotatable bonds is 6. The van der Waals surface area contributed by atoms with Crippen LogP contribution in [0.2, 0.25) is 0 Å². The fourth-order valence-electron chi connectivity index (χ4n) is 3.14. The molecule has 9 nitrogen and oxygen atoms in total. The monoisotopic (exact) mass is 390 g/mol. The molecule has 1 amide bonds. The third-order valence-electron chi connectivity index (χ3n) is 4.63. The van der Waals surface area contributed by atoms with Crippen LogP contribution < -0.4 is 5.32 Å². The summed E-state index contributed by atoms with van der Waals surface area (Å²) in [5, 5.41) is 14.7. The van der Waals surface area contributed by atoms with Gasteiger partial charge in [-0.25, -0.2) is 9.48 Å². The number of ether oxygens (including phenoxy) is 1. The number of hydrogen-bond donors (Lipinski definition) is 2. The van der Waals surface area contributed by atoms with E-state index < -0.39 is 12.0 Å². The molecule has 1 atom stereocenters. The first kappa shape index (κ1) is 18.4. The SMILES string of the molecule is COC(=O)[C@@H](Cc1c[nH]c2ccccc12)NC(=O)c1ccc(-n2cnnn2)cc1. The third kappa shape index (κ3) is 3.84. The largest absolute Gasteiger partial charge is 0.467 e. The Morgan fingerprint density at radius 3 is 2.69 bits per heavy atom. The van der Waals surface area contributed by atoms with Gasteiger partial charge in [0.05, 0.1) is 12.8 Å². The van der Waals surface area contributed by atoms with Gasteiger partial charge in [-0.2, -0.15) is 0 Å². The van der Waals surface area contributed by atoms with Gasteiger partial charge in [-0.1, -0.05) is 18.2 Å². The van der Waals surface area contributed by atoms with E-state index in [0.717, 1.165) is 22.2 Å². The van der Waals surface area contributed by atoms with Crippen molar-refractivity contribution in [2.24, 2.45) is 0 Å². The summed E-state index contributed by atoms with van der Waals surface area (Å²) in [7, 11) is 1.30. The molecular formula is C20H18N6O3. The van der Waals surface area contributed by atoms with Crippen LogP contribution in [0.1, 0.15) is 15.9 Å². The van der Waals surface area contributed by atoms with Crippen LogP contribution in [-0.2, 0) is 16.0 Å². The van der Waals surface area contributed by atoms with Crippen molar-refractivity contribution in [3.63, 3.8) is 0 Å². The number of methoxy groups -OCH3 is 1. The number of fused-ring (bicyclic) bond motifs is 1. The summed E-state index contributed by atoms with van der Waals surface area (Å²) in [5.74, 6) is -0.877. The molecule has 2 aromatic carbocycles. The predicted molar refractivity (Wildman–Crippen MR) is 104 cm³/mol. The van der Waals surface area contributed by atoms with E-state index in [0.29, 0.717) is 12.0 Å². The highest BCUT2D eigenvalue weighted by Crippen LogP contribution is 2.19. The number of esters is 1. The van der Waals surface area contributed by atoms with Gasteiger partial charge in [-0.3, -0.25) is 4.79 Å². The van der Waals surface area contributed by atoms with Crippen LogP contribution in [0.25, 0.3) is 16.6 Å². The zero-order valence-electron chi connectivity index (χ0n) is 15.6. The molecule has 4 rings (SSSR count). The van der Waals surface area contributed by atoms with Gasteiger partial charge in [0.15, 0.2) is 0 Å². The number of carbonyl (C=O) groups excluding carboxylic acids is 2. The molecule has 0 aliphatic carbocycles. The maximum absolute atomic E-state index is 12.7.